The number of nitrogens with two attached hydrogens (primary N) is 1. The highest BCUT2D eigenvalue weighted by Crippen LogP contribution is 2.58. The van der Waals surface area contributed by atoms with Gasteiger partial charge in [0, 0.05) is 6.04 Å². The summed E-state index contributed by atoms with van der Waals surface area (Å²) in [5, 5.41) is 0. The van der Waals surface area contributed by atoms with Crippen LogP contribution < -0.4 is 5.73 Å². The van der Waals surface area contributed by atoms with E-state index >= 15 is 0 Å². The molecule has 0 aromatic heterocycles. The molecule has 5 rings (SSSR count). The van der Waals surface area contributed by atoms with Gasteiger partial charge in [-0.15, -0.1) is 0 Å². The van der Waals surface area contributed by atoms with Crippen LogP contribution in [-0.4, -0.2) is 0 Å². The molecule has 0 radical (unpaired) electrons. The van der Waals surface area contributed by atoms with Gasteiger partial charge in [0.2, 0.25) is 0 Å². The monoisotopic (exact) mass is 259 g/mol. The molecule has 4 bridgehead atoms. The van der Waals surface area contributed by atoms with Crippen molar-refractivity contribution in [2.75, 3.05) is 0 Å². The van der Waals surface area contributed by atoms with Gasteiger partial charge in [-0.3, -0.25) is 0 Å². The van der Waals surface area contributed by atoms with Crippen molar-refractivity contribution in [3.05, 3.63) is 35.6 Å². The number of benzene rings is 1. The van der Waals surface area contributed by atoms with Gasteiger partial charge in [-0.2, -0.15) is 0 Å². The molecule has 4 aliphatic rings. The Kier molecular flexibility index (Phi) is 2.70. The van der Waals surface area contributed by atoms with E-state index in [9.17, 15) is 4.39 Å². The van der Waals surface area contributed by atoms with Crippen LogP contribution in [0.5, 0.6) is 0 Å². The van der Waals surface area contributed by atoms with Gasteiger partial charge in [-0.05, 0) is 79.4 Å². The van der Waals surface area contributed by atoms with E-state index in [0.717, 1.165) is 29.2 Å². The summed E-state index contributed by atoms with van der Waals surface area (Å²) < 4.78 is 13.0. The van der Waals surface area contributed by atoms with Crippen molar-refractivity contribution < 1.29 is 4.39 Å². The molecule has 1 unspecified atom stereocenters. The molecular weight excluding hydrogens is 237 g/mol. The van der Waals surface area contributed by atoms with Crippen molar-refractivity contribution in [1.82, 2.24) is 0 Å². The van der Waals surface area contributed by atoms with Crippen molar-refractivity contribution in [3.8, 4) is 0 Å². The van der Waals surface area contributed by atoms with Gasteiger partial charge in [-0.1, -0.05) is 12.1 Å². The smallest absolute Gasteiger partial charge is 0.123 e. The second kappa shape index (κ2) is 4.31. The van der Waals surface area contributed by atoms with E-state index in [1.54, 1.807) is 12.1 Å². The minimum Gasteiger partial charge on any atom is -0.324 e. The first-order valence-corrected chi connectivity index (χ1v) is 7.71. The number of hydrogen-bond donors (Lipinski definition) is 1. The van der Waals surface area contributed by atoms with Crippen LogP contribution in [0.4, 0.5) is 4.39 Å². The van der Waals surface area contributed by atoms with Crippen molar-refractivity contribution in [2.24, 2.45) is 35.3 Å². The van der Waals surface area contributed by atoms with E-state index in [4.69, 9.17) is 5.73 Å². The summed E-state index contributed by atoms with van der Waals surface area (Å²) in [6.45, 7) is 0. The molecule has 2 N–H and O–H groups in total. The summed E-state index contributed by atoms with van der Waals surface area (Å²) in [5.74, 6) is 4.10. The third-order valence-corrected chi connectivity index (χ3v) is 5.97. The molecule has 4 saturated carbocycles. The average Bonchev–Trinajstić information content (AvgIpc) is 2.38. The van der Waals surface area contributed by atoms with E-state index in [1.165, 1.54) is 32.1 Å². The Morgan fingerprint density at radius 3 is 1.95 bits per heavy atom. The van der Waals surface area contributed by atoms with Gasteiger partial charge in [0.05, 0.1) is 0 Å². The van der Waals surface area contributed by atoms with E-state index in [1.807, 2.05) is 12.1 Å². The molecule has 0 heterocycles. The van der Waals surface area contributed by atoms with Crippen LogP contribution in [0, 0.1) is 35.4 Å². The first-order valence-electron chi connectivity index (χ1n) is 7.71. The fraction of sp³-hybridized carbons (Fsp3) is 0.647. The van der Waals surface area contributed by atoms with Crippen LogP contribution in [0.1, 0.15) is 43.7 Å². The Labute approximate surface area is 114 Å². The fourth-order valence-corrected chi connectivity index (χ4v) is 5.46. The van der Waals surface area contributed by atoms with Crippen molar-refractivity contribution in [2.45, 2.75) is 38.1 Å². The molecule has 19 heavy (non-hydrogen) atoms. The highest BCUT2D eigenvalue weighted by molar-refractivity contribution is 5.21. The van der Waals surface area contributed by atoms with Gasteiger partial charge >= 0.3 is 0 Å². The average molecular weight is 259 g/mol. The van der Waals surface area contributed by atoms with Gasteiger partial charge in [0.25, 0.3) is 0 Å². The van der Waals surface area contributed by atoms with Crippen LogP contribution in [0.2, 0.25) is 0 Å². The predicted molar refractivity (Wildman–Crippen MR) is 73.9 cm³/mol. The first-order chi connectivity index (χ1) is 9.20. The summed E-state index contributed by atoms with van der Waals surface area (Å²) in [7, 11) is 0. The Hall–Kier alpha value is -0.890. The summed E-state index contributed by atoms with van der Waals surface area (Å²) in [5.41, 5.74) is 7.67. The molecule has 1 aromatic rings. The molecule has 0 amide bonds. The maximum atomic E-state index is 13.0. The quantitative estimate of drug-likeness (QED) is 0.856. The molecule has 0 saturated heterocycles. The minimum atomic E-state index is -0.166. The lowest BCUT2D eigenvalue weighted by atomic mass is 9.50. The summed E-state index contributed by atoms with van der Waals surface area (Å²) in [4.78, 5) is 0. The number of rotatable bonds is 2. The van der Waals surface area contributed by atoms with Crippen molar-refractivity contribution in [1.29, 1.82) is 0 Å². The Balaban J connectivity index is 1.60. The zero-order valence-corrected chi connectivity index (χ0v) is 11.3. The summed E-state index contributed by atoms with van der Waals surface area (Å²) >= 11 is 0. The largest absolute Gasteiger partial charge is 0.324 e. The molecule has 0 spiro atoms. The number of halogens is 1. The second-order valence-corrected chi connectivity index (χ2v) is 7.09. The zero-order valence-electron chi connectivity index (χ0n) is 11.3. The van der Waals surface area contributed by atoms with Crippen LogP contribution >= 0.6 is 0 Å². The molecular formula is C17H22FN. The topological polar surface area (TPSA) is 26.0 Å². The van der Waals surface area contributed by atoms with E-state index < -0.39 is 0 Å². The maximum absolute atomic E-state index is 13.0. The maximum Gasteiger partial charge on any atom is 0.123 e. The SMILES string of the molecule is NC(c1ccc(F)cc1)C1C2CC3CC(C2)CC1C3. The third-order valence-electron chi connectivity index (χ3n) is 5.97. The van der Waals surface area contributed by atoms with Crippen LogP contribution in [0.25, 0.3) is 0 Å². The minimum absolute atomic E-state index is 0.107. The lowest BCUT2D eigenvalue weighted by Gasteiger charge is -2.56. The third kappa shape index (κ3) is 1.92. The predicted octanol–water partition coefficient (Wildman–Crippen LogP) is 3.90. The Morgan fingerprint density at radius 2 is 1.42 bits per heavy atom. The van der Waals surface area contributed by atoms with Gasteiger partial charge in [0.15, 0.2) is 0 Å². The normalized spacial score (nSPS) is 41.5. The summed E-state index contributed by atoms with van der Waals surface area (Å²) in [6, 6.07) is 6.96. The van der Waals surface area contributed by atoms with Crippen molar-refractivity contribution in [3.63, 3.8) is 0 Å². The Morgan fingerprint density at radius 1 is 0.895 bits per heavy atom. The lowest BCUT2D eigenvalue weighted by Crippen LogP contribution is -2.48. The molecule has 4 fully saturated rings. The zero-order chi connectivity index (χ0) is 13.0. The lowest BCUT2D eigenvalue weighted by molar-refractivity contribution is -0.0471. The van der Waals surface area contributed by atoms with E-state index in [0.29, 0.717) is 5.92 Å². The van der Waals surface area contributed by atoms with Crippen LogP contribution in [0.3, 0.4) is 0 Å². The molecule has 4 aliphatic carbocycles. The van der Waals surface area contributed by atoms with Crippen LogP contribution in [0.15, 0.2) is 24.3 Å². The van der Waals surface area contributed by atoms with Gasteiger partial charge in [-0.25, -0.2) is 4.39 Å². The molecule has 102 valence electrons. The summed E-state index contributed by atoms with van der Waals surface area (Å²) in [6.07, 6.45) is 7.06. The second-order valence-electron chi connectivity index (χ2n) is 7.09. The van der Waals surface area contributed by atoms with E-state index in [2.05, 4.69) is 0 Å². The first kappa shape index (κ1) is 11.9. The standard InChI is InChI=1S/C17H22FN/c18-15-3-1-12(2-4-15)17(19)16-13-6-10-5-11(8-13)9-14(16)7-10/h1-4,10-11,13-14,16-17H,5-9,19H2. The highest BCUT2D eigenvalue weighted by Gasteiger charge is 2.49. The van der Waals surface area contributed by atoms with Crippen molar-refractivity contribution >= 4 is 0 Å². The van der Waals surface area contributed by atoms with Gasteiger partial charge in [0.1, 0.15) is 5.82 Å². The van der Waals surface area contributed by atoms with Gasteiger partial charge < -0.3 is 5.73 Å². The van der Waals surface area contributed by atoms with E-state index in [-0.39, 0.29) is 11.9 Å². The highest BCUT2D eigenvalue weighted by atomic mass is 19.1. The fourth-order valence-electron chi connectivity index (χ4n) is 5.46. The van der Waals surface area contributed by atoms with Crippen LogP contribution in [-0.2, 0) is 0 Å². The molecule has 2 heteroatoms. The molecule has 1 nitrogen and oxygen atoms in total. The molecule has 1 atom stereocenters. The molecule has 1 aromatic carbocycles. The number of hydrogen-bond acceptors (Lipinski definition) is 1. The Bertz CT molecular complexity index is 439. The molecule has 0 aliphatic heterocycles.